The van der Waals surface area contributed by atoms with Gasteiger partial charge in [0.15, 0.2) is 0 Å². The fraction of sp³-hybridized carbons (Fsp3) is 0.500. The highest BCUT2D eigenvalue weighted by Gasteiger charge is 2.27. The first kappa shape index (κ1) is 16.3. The first-order valence-electron chi connectivity index (χ1n) is 8.25. The van der Waals surface area contributed by atoms with Crippen molar-refractivity contribution < 1.29 is 9.21 Å². The van der Waals surface area contributed by atoms with Crippen molar-refractivity contribution in [2.45, 2.75) is 32.7 Å². The summed E-state index contributed by atoms with van der Waals surface area (Å²) in [7, 11) is 0. The van der Waals surface area contributed by atoms with Gasteiger partial charge in [0.05, 0.1) is 10.9 Å². The van der Waals surface area contributed by atoms with Crippen LogP contribution >= 0.6 is 11.3 Å². The van der Waals surface area contributed by atoms with Gasteiger partial charge in [0.1, 0.15) is 11.5 Å². The van der Waals surface area contributed by atoms with Crippen LogP contribution < -0.4 is 5.32 Å². The van der Waals surface area contributed by atoms with Gasteiger partial charge in [-0.3, -0.25) is 9.69 Å². The Balaban J connectivity index is 1.69. The van der Waals surface area contributed by atoms with Crippen LogP contribution in [0.15, 0.2) is 34.1 Å². The van der Waals surface area contributed by atoms with Gasteiger partial charge in [-0.25, -0.2) is 0 Å². The largest absolute Gasteiger partial charge is 0.465 e. The zero-order valence-corrected chi connectivity index (χ0v) is 14.6. The van der Waals surface area contributed by atoms with E-state index in [1.54, 1.807) is 0 Å². The number of piperidine rings is 1. The van der Waals surface area contributed by atoms with E-state index in [1.807, 2.05) is 36.6 Å². The molecule has 0 saturated carbocycles. The molecular weight excluding hydrogens is 308 g/mol. The summed E-state index contributed by atoms with van der Waals surface area (Å²) in [4.78, 5) is 15.4. The molecule has 1 saturated heterocycles. The molecule has 124 valence electrons. The van der Waals surface area contributed by atoms with Crippen molar-refractivity contribution in [1.82, 2.24) is 10.2 Å². The number of furan rings is 1. The van der Waals surface area contributed by atoms with Gasteiger partial charge in [-0.1, -0.05) is 13.0 Å². The van der Waals surface area contributed by atoms with Gasteiger partial charge in [-0.15, -0.1) is 11.3 Å². The Morgan fingerprint density at radius 3 is 2.78 bits per heavy atom. The number of amides is 1. The molecule has 5 heteroatoms. The monoisotopic (exact) mass is 332 g/mol. The molecule has 2 aromatic rings. The minimum Gasteiger partial charge on any atom is -0.465 e. The lowest BCUT2D eigenvalue weighted by atomic mass is 9.97. The predicted octanol–water partition coefficient (Wildman–Crippen LogP) is 3.85. The molecule has 0 aliphatic carbocycles. The van der Waals surface area contributed by atoms with E-state index in [1.165, 1.54) is 24.2 Å². The number of nitrogens with zero attached hydrogens (tertiary/aromatic N) is 1. The van der Waals surface area contributed by atoms with E-state index in [0.29, 0.717) is 6.54 Å². The second kappa shape index (κ2) is 7.32. The fourth-order valence-corrected chi connectivity index (χ4v) is 3.71. The third-order valence-electron chi connectivity index (χ3n) is 4.55. The molecule has 1 N–H and O–H groups in total. The quantitative estimate of drug-likeness (QED) is 0.904. The molecule has 2 aromatic heterocycles. The third kappa shape index (κ3) is 4.03. The van der Waals surface area contributed by atoms with Gasteiger partial charge in [-0.05, 0) is 62.4 Å². The molecule has 1 amide bonds. The van der Waals surface area contributed by atoms with Crippen molar-refractivity contribution >= 4 is 17.2 Å². The average Bonchev–Trinajstić information content (AvgIpc) is 3.21. The number of likely N-dealkylation sites (tertiary alicyclic amines) is 1. The second-order valence-electron chi connectivity index (χ2n) is 6.37. The Labute approximate surface area is 141 Å². The molecule has 0 spiro atoms. The lowest BCUT2D eigenvalue weighted by Crippen LogP contribution is -2.41. The van der Waals surface area contributed by atoms with Crippen LogP contribution in [0.4, 0.5) is 0 Å². The Bertz CT molecular complexity index is 627. The van der Waals surface area contributed by atoms with Crippen LogP contribution in [0.25, 0.3) is 0 Å². The molecule has 1 aliphatic heterocycles. The Kier molecular flexibility index (Phi) is 5.18. The number of nitrogens with one attached hydrogen (secondary N) is 1. The number of hydrogen-bond donors (Lipinski definition) is 1. The number of carbonyl (C=O) groups excluding carboxylic acids is 1. The van der Waals surface area contributed by atoms with Crippen molar-refractivity contribution in [2.24, 2.45) is 5.92 Å². The smallest absolute Gasteiger partial charge is 0.261 e. The highest BCUT2D eigenvalue weighted by atomic mass is 32.1. The lowest BCUT2D eigenvalue weighted by Gasteiger charge is -2.35. The Morgan fingerprint density at radius 2 is 2.17 bits per heavy atom. The molecule has 3 heterocycles. The van der Waals surface area contributed by atoms with Gasteiger partial charge < -0.3 is 9.73 Å². The van der Waals surface area contributed by atoms with Gasteiger partial charge in [0.2, 0.25) is 0 Å². The summed E-state index contributed by atoms with van der Waals surface area (Å²) in [6.45, 7) is 6.96. The third-order valence-corrected chi connectivity index (χ3v) is 5.42. The molecule has 0 aromatic carbocycles. The minimum atomic E-state index is -0.00124. The van der Waals surface area contributed by atoms with E-state index < -0.39 is 0 Å². The van der Waals surface area contributed by atoms with Crippen molar-refractivity contribution in [3.63, 3.8) is 0 Å². The van der Waals surface area contributed by atoms with Crippen LogP contribution in [0.5, 0.6) is 0 Å². The van der Waals surface area contributed by atoms with Gasteiger partial charge in [0.25, 0.3) is 5.91 Å². The van der Waals surface area contributed by atoms with E-state index >= 15 is 0 Å². The number of thiophene rings is 1. The molecule has 0 bridgehead atoms. The standard InChI is InChI=1S/C18H24N2O2S/c1-13-7-9-20(10-8-13)15(16-6-5-14(2)22-16)12-19-18(21)17-4-3-11-23-17/h3-6,11,13,15H,7-10,12H2,1-2H3,(H,19,21)/t15-/m0/s1. The van der Waals surface area contributed by atoms with E-state index in [0.717, 1.165) is 35.4 Å². The van der Waals surface area contributed by atoms with Crippen LogP contribution in [0.1, 0.15) is 47.0 Å². The molecule has 1 fully saturated rings. The number of carbonyl (C=O) groups is 1. The molecule has 3 rings (SSSR count). The second-order valence-corrected chi connectivity index (χ2v) is 7.32. The van der Waals surface area contributed by atoms with E-state index in [-0.39, 0.29) is 11.9 Å². The zero-order chi connectivity index (χ0) is 16.2. The van der Waals surface area contributed by atoms with Crippen LogP contribution in [0.2, 0.25) is 0 Å². The lowest BCUT2D eigenvalue weighted by molar-refractivity contribution is 0.0898. The summed E-state index contributed by atoms with van der Waals surface area (Å²) in [5, 5.41) is 5.00. The average molecular weight is 332 g/mol. The SMILES string of the molecule is Cc1ccc([C@H](CNC(=O)c2cccs2)N2CCC(C)CC2)o1. The van der Waals surface area contributed by atoms with Crippen LogP contribution in [-0.2, 0) is 0 Å². The molecule has 0 radical (unpaired) electrons. The summed E-state index contributed by atoms with van der Waals surface area (Å²) >= 11 is 1.47. The normalized spacial score (nSPS) is 18.0. The molecule has 1 aliphatic rings. The highest BCUT2D eigenvalue weighted by Crippen LogP contribution is 2.27. The van der Waals surface area contributed by atoms with Gasteiger partial charge in [0, 0.05) is 6.54 Å². The van der Waals surface area contributed by atoms with Crippen LogP contribution in [0.3, 0.4) is 0 Å². The molecule has 4 nitrogen and oxygen atoms in total. The van der Waals surface area contributed by atoms with Gasteiger partial charge in [-0.2, -0.15) is 0 Å². The van der Waals surface area contributed by atoms with Crippen LogP contribution in [0, 0.1) is 12.8 Å². The summed E-state index contributed by atoms with van der Waals surface area (Å²) < 4.78 is 5.86. The Morgan fingerprint density at radius 1 is 1.39 bits per heavy atom. The number of aryl methyl sites for hydroxylation is 1. The Hall–Kier alpha value is -1.59. The first-order valence-corrected chi connectivity index (χ1v) is 9.13. The molecule has 23 heavy (non-hydrogen) atoms. The molecule has 0 unspecified atom stereocenters. The maximum atomic E-state index is 12.2. The van der Waals surface area contributed by atoms with Crippen LogP contribution in [-0.4, -0.2) is 30.4 Å². The summed E-state index contributed by atoms with van der Waals surface area (Å²) in [6.07, 6.45) is 2.41. The first-order chi connectivity index (χ1) is 11.1. The van der Waals surface area contributed by atoms with Crippen molar-refractivity contribution in [2.75, 3.05) is 19.6 Å². The van der Waals surface area contributed by atoms with Gasteiger partial charge >= 0.3 is 0 Å². The number of rotatable bonds is 5. The van der Waals surface area contributed by atoms with E-state index in [2.05, 4.69) is 17.1 Å². The predicted molar refractivity (Wildman–Crippen MR) is 92.8 cm³/mol. The van der Waals surface area contributed by atoms with Crippen molar-refractivity contribution in [3.05, 3.63) is 46.0 Å². The molecule has 1 atom stereocenters. The maximum absolute atomic E-state index is 12.2. The highest BCUT2D eigenvalue weighted by molar-refractivity contribution is 7.12. The van der Waals surface area contributed by atoms with E-state index in [4.69, 9.17) is 4.42 Å². The maximum Gasteiger partial charge on any atom is 0.261 e. The van der Waals surface area contributed by atoms with Crippen molar-refractivity contribution in [1.29, 1.82) is 0 Å². The fourth-order valence-electron chi connectivity index (χ4n) is 3.07. The summed E-state index contributed by atoms with van der Waals surface area (Å²) in [5.74, 6) is 2.65. The summed E-state index contributed by atoms with van der Waals surface area (Å²) in [5.41, 5.74) is 0. The minimum absolute atomic E-state index is 0.00124. The van der Waals surface area contributed by atoms with Crippen molar-refractivity contribution in [3.8, 4) is 0 Å². The zero-order valence-electron chi connectivity index (χ0n) is 13.7. The van der Waals surface area contributed by atoms with E-state index in [9.17, 15) is 4.79 Å². The molecular formula is C18H24N2O2S. The summed E-state index contributed by atoms with van der Waals surface area (Å²) in [6, 6.07) is 7.90. The number of hydrogen-bond acceptors (Lipinski definition) is 4. The topological polar surface area (TPSA) is 45.5 Å².